The van der Waals surface area contributed by atoms with Crippen molar-refractivity contribution >= 4 is 11.9 Å². The van der Waals surface area contributed by atoms with Gasteiger partial charge in [-0.2, -0.15) is 0 Å². The number of carbonyl (C=O) groups is 2. The molecule has 0 saturated heterocycles. The number of aliphatic hydroxyl groups is 1. The fourth-order valence-corrected chi connectivity index (χ4v) is 4.03. The SMILES string of the molecule is CCCCCCCCCCCCCCCCCCCC(=O)OC(CO)COC(=O)CCC(C)C. The number of hydrogen-bond donors (Lipinski definition) is 1. The van der Waals surface area contributed by atoms with Gasteiger partial charge >= 0.3 is 11.9 Å². The summed E-state index contributed by atoms with van der Waals surface area (Å²) in [5.74, 6) is -0.196. The summed E-state index contributed by atoms with van der Waals surface area (Å²) in [5.41, 5.74) is 0. The molecule has 0 aliphatic heterocycles. The van der Waals surface area contributed by atoms with Crippen molar-refractivity contribution in [2.45, 2.75) is 155 Å². The van der Waals surface area contributed by atoms with Crippen LogP contribution >= 0.6 is 0 Å². The number of unbranched alkanes of at least 4 members (excludes halogenated alkanes) is 16. The first-order chi connectivity index (χ1) is 16.5. The molecule has 0 saturated carbocycles. The topological polar surface area (TPSA) is 72.8 Å². The first-order valence-corrected chi connectivity index (χ1v) is 14.5. The Hall–Kier alpha value is -1.10. The molecular formula is C29H56O5. The van der Waals surface area contributed by atoms with E-state index < -0.39 is 6.10 Å². The Morgan fingerprint density at radius 2 is 1.09 bits per heavy atom. The van der Waals surface area contributed by atoms with Crippen molar-refractivity contribution in [1.29, 1.82) is 0 Å². The Kier molecular flexibility index (Phi) is 24.2. The molecule has 0 bridgehead atoms. The lowest BCUT2D eigenvalue weighted by Gasteiger charge is -2.16. The summed E-state index contributed by atoms with van der Waals surface area (Å²) < 4.78 is 10.3. The quantitative estimate of drug-likeness (QED) is 0.105. The average Bonchev–Trinajstić information content (AvgIpc) is 2.82. The van der Waals surface area contributed by atoms with Crippen molar-refractivity contribution < 1.29 is 24.2 Å². The minimum absolute atomic E-state index is 0.0712. The third-order valence-corrected chi connectivity index (χ3v) is 6.34. The van der Waals surface area contributed by atoms with Gasteiger partial charge in [0, 0.05) is 12.8 Å². The molecule has 0 aliphatic rings. The Morgan fingerprint density at radius 3 is 1.50 bits per heavy atom. The lowest BCUT2D eigenvalue weighted by Crippen LogP contribution is -2.28. The number of aliphatic hydroxyl groups excluding tert-OH is 1. The van der Waals surface area contributed by atoms with E-state index in [1.807, 2.05) is 13.8 Å². The van der Waals surface area contributed by atoms with Gasteiger partial charge in [0.05, 0.1) is 6.61 Å². The van der Waals surface area contributed by atoms with Crippen LogP contribution in [-0.4, -0.2) is 36.4 Å². The number of rotatable bonds is 25. The zero-order valence-corrected chi connectivity index (χ0v) is 22.8. The summed E-state index contributed by atoms with van der Waals surface area (Å²) in [5, 5.41) is 9.36. The van der Waals surface area contributed by atoms with Crippen molar-refractivity contribution in [2.24, 2.45) is 5.92 Å². The minimum Gasteiger partial charge on any atom is -0.462 e. The lowest BCUT2D eigenvalue weighted by atomic mass is 10.0. The Balaban J connectivity index is 3.45. The van der Waals surface area contributed by atoms with Gasteiger partial charge in [-0.25, -0.2) is 0 Å². The molecule has 1 unspecified atom stereocenters. The molecule has 0 aromatic carbocycles. The lowest BCUT2D eigenvalue weighted by molar-refractivity contribution is -0.161. The predicted molar refractivity (Wildman–Crippen MR) is 141 cm³/mol. The van der Waals surface area contributed by atoms with E-state index in [0.717, 1.165) is 25.7 Å². The molecule has 0 aromatic heterocycles. The van der Waals surface area contributed by atoms with E-state index in [4.69, 9.17) is 9.47 Å². The van der Waals surface area contributed by atoms with Gasteiger partial charge in [-0.1, -0.05) is 124 Å². The molecule has 0 spiro atoms. The van der Waals surface area contributed by atoms with Crippen LogP contribution in [0.15, 0.2) is 0 Å². The summed E-state index contributed by atoms with van der Waals surface area (Å²) in [6.07, 6.45) is 22.9. The largest absolute Gasteiger partial charge is 0.462 e. The Labute approximate surface area is 210 Å². The summed E-state index contributed by atoms with van der Waals surface area (Å²) >= 11 is 0. The minimum atomic E-state index is -0.763. The molecular weight excluding hydrogens is 428 g/mol. The molecule has 0 radical (unpaired) electrons. The molecule has 1 N–H and O–H groups in total. The molecule has 0 aromatic rings. The molecule has 0 aliphatic carbocycles. The predicted octanol–water partition coefficient (Wildman–Crippen LogP) is 7.91. The first-order valence-electron chi connectivity index (χ1n) is 14.5. The van der Waals surface area contributed by atoms with E-state index in [-0.39, 0.29) is 25.2 Å². The third kappa shape index (κ3) is 24.0. The standard InChI is InChI=1S/C29H56O5/c1-4-5-6-7-8-9-10-11-12-13-14-15-16-17-18-19-20-21-29(32)34-27(24-30)25-33-28(31)23-22-26(2)3/h26-27,30H,4-25H2,1-3H3. The number of ether oxygens (including phenoxy) is 2. The highest BCUT2D eigenvalue weighted by atomic mass is 16.6. The van der Waals surface area contributed by atoms with E-state index in [1.54, 1.807) is 0 Å². The second kappa shape index (κ2) is 25.0. The van der Waals surface area contributed by atoms with Gasteiger partial charge in [-0.3, -0.25) is 9.59 Å². The monoisotopic (exact) mass is 484 g/mol. The van der Waals surface area contributed by atoms with Crippen molar-refractivity contribution in [3.8, 4) is 0 Å². The van der Waals surface area contributed by atoms with Crippen molar-refractivity contribution in [3.05, 3.63) is 0 Å². The van der Waals surface area contributed by atoms with E-state index in [1.165, 1.54) is 89.9 Å². The molecule has 0 fully saturated rings. The van der Waals surface area contributed by atoms with E-state index in [0.29, 0.717) is 18.8 Å². The molecule has 1 atom stereocenters. The van der Waals surface area contributed by atoms with Gasteiger partial charge in [0.1, 0.15) is 6.61 Å². The molecule has 0 heterocycles. The maximum absolute atomic E-state index is 12.0. The van der Waals surface area contributed by atoms with Gasteiger partial charge in [0.15, 0.2) is 6.10 Å². The van der Waals surface area contributed by atoms with Gasteiger partial charge in [-0.05, 0) is 18.8 Å². The number of carbonyl (C=O) groups excluding carboxylic acids is 2. The average molecular weight is 485 g/mol. The first kappa shape index (κ1) is 32.9. The summed E-state index contributed by atoms with van der Waals surface area (Å²) in [7, 11) is 0. The van der Waals surface area contributed by atoms with Crippen molar-refractivity contribution in [3.63, 3.8) is 0 Å². The zero-order chi connectivity index (χ0) is 25.3. The summed E-state index contributed by atoms with van der Waals surface area (Å²) in [6.45, 7) is 5.96. The highest BCUT2D eigenvalue weighted by molar-refractivity contribution is 5.70. The maximum Gasteiger partial charge on any atom is 0.306 e. The molecule has 0 amide bonds. The van der Waals surface area contributed by atoms with Gasteiger partial charge in [0.2, 0.25) is 0 Å². The van der Waals surface area contributed by atoms with Crippen LogP contribution in [-0.2, 0) is 19.1 Å². The highest BCUT2D eigenvalue weighted by Crippen LogP contribution is 2.14. The van der Waals surface area contributed by atoms with Gasteiger partial charge in [-0.15, -0.1) is 0 Å². The second-order valence-corrected chi connectivity index (χ2v) is 10.3. The number of hydrogen-bond acceptors (Lipinski definition) is 5. The summed E-state index contributed by atoms with van der Waals surface area (Å²) in [4.78, 5) is 23.6. The van der Waals surface area contributed by atoms with Crippen LogP contribution in [0.5, 0.6) is 0 Å². The van der Waals surface area contributed by atoms with Crippen LogP contribution in [0.25, 0.3) is 0 Å². The molecule has 5 nitrogen and oxygen atoms in total. The van der Waals surface area contributed by atoms with Crippen molar-refractivity contribution in [1.82, 2.24) is 0 Å². The van der Waals surface area contributed by atoms with E-state index >= 15 is 0 Å². The normalized spacial score (nSPS) is 12.1. The van der Waals surface area contributed by atoms with Crippen LogP contribution in [0, 0.1) is 5.92 Å². The van der Waals surface area contributed by atoms with Crippen LogP contribution in [0.2, 0.25) is 0 Å². The molecule has 202 valence electrons. The van der Waals surface area contributed by atoms with Crippen LogP contribution < -0.4 is 0 Å². The van der Waals surface area contributed by atoms with E-state index in [9.17, 15) is 14.7 Å². The third-order valence-electron chi connectivity index (χ3n) is 6.34. The highest BCUT2D eigenvalue weighted by Gasteiger charge is 2.16. The Morgan fingerprint density at radius 1 is 0.647 bits per heavy atom. The second-order valence-electron chi connectivity index (χ2n) is 10.3. The van der Waals surface area contributed by atoms with E-state index in [2.05, 4.69) is 6.92 Å². The maximum atomic E-state index is 12.0. The molecule has 34 heavy (non-hydrogen) atoms. The van der Waals surface area contributed by atoms with Gasteiger partial charge < -0.3 is 14.6 Å². The fourth-order valence-electron chi connectivity index (χ4n) is 4.03. The van der Waals surface area contributed by atoms with Crippen LogP contribution in [0.1, 0.15) is 149 Å². The smallest absolute Gasteiger partial charge is 0.306 e. The zero-order valence-electron chi connectivity index (χ0n) is 22.8. The van der Waals surface area contributed by atoms with Gasteiger partial charge in [0.25, 0.3) is 0 Å². The van der Waals surface area contributed by atoms with Crippen molar-refractivity contribution in [2.75, 3.05) is 13.2 Å². The van der Waals surface area contributed by atoms with Crippen LogP contribution in [0.3, 0.4) is 0 Å². The molecule has 5 heteroatoms. The fraction of sp³-hybridized carbons (Fsp3) is 0.931. The van der Waals surface area contributed by atoms with Crippen LogP contribution in [0.4, 0.5) is 0 Å². The molecule has 0 rings (SSSR count). The number of esters is 2. The Bertz CT molecular complexity index is 463. The summed E-state index contributed by atoms with van der Waals surface area (Å²) in [6, 6.07) is 0.